The largest absolute Gasteiger partial charge is 0.324 e. The Balaban J connectivity index is 1.57. The Labute approximate surface area is 193 Å². The zero-order valence-corrected chi connectivity index (χ0v) is 19.4. The predicted octanol–water partition coefficient (Wildman–Crippen LogP) is 5.51. The van der Waals surface area contributed by atoms with Gasteiger partial charge in [0.2, 0.25) is 5.91 Å². The number of aromatic nitrogens is 2. The van der Waals surface area contributed by atoms with Gasteiger partial charge >= 0.3 is 0 Å². The lowest BCUT2D eigenvalue weighted by atomic mass is 10.1. The van der Waals surface area contributed by atoms with Crippen molar-refractivity contribution in [2.75, 3.05) is 11.1 Å². The molecular weight excluding hydrogens is 450 g/mol. The Hall–Kier alpha value is -2.61. The van der Waals surface area contributed by atoms with Crippen molar-refractivity contribution in [1.82, 2.24) is 9.55 Å². The molecule has 0 aliphatic rings. The summed E-state index contributed by atoms with van der Waals surface area (Å²) < 4.78 is 2.26. The lowest BCUT2D eigenvalue weighted by Crippen LogP contribution is -2.24. The van der Waals surface area contributed by atoms with Gasteiger partial charge in [-0.05, 0) is 48.6 Å². The van der Waals surface area contributed by atoms with Crippen LogP contribution in [0.15, 0.2) is 63.9 Å². The summed E-state index contributed by atoms with van der Waals surface area (Å²) in [6.07, 6.45) is 0. The maximum absolute atomic E-state index is 13.1. The molecule has 2 aromatic carbocycles. The monoisotopic (exact) mass is 469 g/mol. The summed E-state index contributed by atoms with van der Waals surface area (Å²) in [7, 11) is 0. The summed E-state index contributed by atoms with van der Waals surface area (Å²) in [5.41, 5.74) is 4.30. The van der Waals surface area contributed by atoms with Crippen molar-refractivity contribution in [3.05, 3.63) is 86.0 Å². The van der Waals surface area contributed by atoms with Gasteiger partial charge in [0.05, 0.1) is 28.5 Å². The summed E-state index contributed by atoms with van der Waals surface area (Å²) in [6, 6.07) is 15.3. The minimum absolute atomic E-state index is 0.0925. The van der Waals surface area contributed by atoms with E-state index in [0.717, 1.165) is 16.7 Å². The van der Waals surface area contributed by atoms with Crippen molar-refractivity contribution in [3.8, 4) is 0 Å². The number of fused-ring (bicyclic) bond motifs is 1. The number of amides is 1. The van der Waals surface area contributed by atoms with E-state index in [-0.39, 0.29) is 17.2 Å². The molecular formula is C23H20ClN3O2S2. The lowest BCUT2D eigenvalue weighted by Gasteiger charge is -2.13. The molecule has 0 saturated heterocycles. The third-order valence-corrected chi connectivity index (χ3v) is 6.90. The molecule has 8 heteroatoms. The van der Waals surface area contributed by atoms with Crippen LogP contribution in [-0.4, -0.2) is 21.2 Å². The number of nitrogens with zero attached hydrogens (tertiary/aromatic N) is 2. The number of carbonyl (C=O) groups excluding carboxylic acids is 1. The van der Waals surface area contributed by atoms with Crippen LogP contribution in [0.5, 0.6) is 0 Å². The molecule has 0 unspecified atom stereocenters. The average molecular weight is 470 g/mol. The Bertz CT molecular complexity index is 1310. The van der Waals surface area contributed by atoms with Gasteiger partial charge < -0.3 is 5.32 Å². The average Bonchev–Trinajstić information content (AvgIpc) is 3.21. The summed E-state index contributed by atoms with van der Waals surface area (Å²) in [6.45, 7) is 4.36. The highest BCUT2D eigenvalue weighted by molar-refractivity contribution is 7.99. The lowest BCUT2D eigenvalue weighted by molar-refractivity contribution is -0.113. The van der Waals surface area contributed by atoms with Gasteiger partial charge in [-0.1, -0.05) is 59.3 Å². The normalized spacial score (nSPS) is 11.1. The molecule has 0 saturated carbocycles. The van der Waals surface area contributed by atoms with Crippen molar-refractivity contribution in [1.29, 1.82) is 0 Å². The van der Waals surface area contributed by atoms with E-state index in [1.165, 1.54) is 23.1 Å². The maximum atomic E-state index is 13.1. The fourth-order valence-corrected chi connectivity index (χ4v) is 4.95. The second-order valence-corrected chi connectivity index (χ2v) is 9.49. The summed E-state index contributed by atoms with van der Waals surface area (Å²) in [4.78, 5) is 30.3. The van der Waals surface area contributed by atoms with Gasteiger partial charge in [0.15, 0.2) is 5.16 Å². The first kappa shape index (κ1) is 21.6. The molecule has 0 aliphatic carbocycles. The van der Waals surface area contributed by atoms with E-state index in [0.29, 0.717) is 32.6 Å². The van der Waals surface area contributed by atoms with Gasteiger partial charge in [-0.15, -0.1) is 11.3 Å². The van der Waals surface area contributed by atoms with E-state index >= 15 is 0 Å². The summed E-state index contributed by atoms with van der Waals surface area (Å²) in [5.74, 6) is -0.0995. The molecule has 2 aromatic heterocycles. The number of thioether (sulfide) groups is 1. The number of hydrogen-bond donors (Lipinski definition) is 1. The number of carbonyl (C=O) groups is 1. The van der Waals surface area contributed by atoms with E-state index in [1.807, 2.05) is 55.6 Å². The standard InChI is InChI=1S/C23H20ClN3O2S2/c1-14-3-6-16(7-4-14)12-27-22(29)21-19(9-10-30-21)26-23(27)31-13-20(28)25-18-8-5-15(2)11-17(18)24/h3-11H,12-13H2,1-2H3,(H,25,28). The van der Waals surface area contributed by atoms with Crippen LogP contribution < -0.4 is 10.9 Å². The zero-order chi connectivity index (χ0) is 22.0. The van der Waals surface area contributed by atoms with Crippen LogP contribution in [0.3, 0.4) is 0 Å². The van der Waals surface area contributed by atoms with E-state index in [2.05, 4.69) is 10.3 Å². The van der Waals surface area contributed by atoms with Crippen molar-refractivity contribution in [3.63, 3.8) is 0 Å². The Morgan fingerprint density at radius 2 is 1.87 bits per heavy atom. The van der Waals surface area contributed by atoms with Crippen LogP contribution in [-0.2, 0) is 11.3 Å². The van der Waals surface area contributed by atoms with Gasteiger partial charge in [-0.3, -0.25) is 14.2 Å². The quantitative estimate of drug-likeness (QED) is 0.299. The number of thiophene rings is 1. The molecule has 0 bridgehead atoms. The molecule has 5 nitrogen and oxygen atoms in total. The molecule has 0 fully saturated rings. The molecule has 1 N–H and O–H groups in total. The van der Waals surface area contributed by atoms with Crippen molar-refractivity contribution < 1.29 is 4.79 Å². The number of anilines is 1. The third-order valence-electron chi connectivity index (χ3n) is 4.72. The molecule has 0 radical (unpaired) electrons. The predicted molar refractivity (Wildman–Crippen MR) is 130 cm³/mol. The maximum Gasteiger partial charge on any atom is 0.272 e. The Morgan fingerprint density at radius 3 is 2.61 bits per heavy atom. The zero-order valence-electron chi connectivity index (χ0n) is 17.0. The number of benzene rings is 2. The second kappa shape index (κ2) is 9.26. The highest BCUT2D eigenvalue weighted by Crippen LogP contribution is 2.25. The molecule has 1 amide bonds. The first-order valence-corrected chi connectivity index (χ1v) is 11.9. The van der Waals surface area contributed by atoms with Gasteiger partial charge in [0.1, 0.15) is 4.70 Å². The van der Waals surface area contributed by atoms with E-state index in [1.54, 1.807) is 16.7 Å². The molecule has 31 heavy (non-hydrogen) atoms. The molecule has 2 heterocycles. The smallest absolute Gasteiger partial charge is 0.272 e. The fourth-order valence-electron chi connectivity index (χ4n) is 3.09. The minimum Gasteiger partial charge on any atom is -0.324 e. The van der Waals surface area contributed by atoms with Gasteiger partial charge in [0, 0.05) is 0 Å². The van der Waals surface area contributed by atoms with Crippen molar-refractivity contribution in [2.45, 2.75) is 25.5 Å². The SMILES string of the molecule is Cc1ccc(Cn2c(SCC(=O)Nc3ccc(C)cc3Cl)nc3ccsc3c2=O)cc1. The number of hydrogen-bond acceptors (Lipinski definition) is 5. The van der Waals surface area contributed by atoms with Gasteiger partial charge in [-0.25, -0.2) is 4.98 Å². The molecule has 4 rings (SSSR count). The van der Waals surface area contributed by atoms with Crippen molar-refractivity contribution >= 4 is 56.5 Å². The first-order chi connectivity index (χ1) is 14.9. The van der Waals surface area contributed by atoms with Crippen molar-refractivity contribution in [2.24, 2.45) is 0 Å². The van der Waals surface area contributed by atoms with Gasteiger partial charge in [0.25, 0.3) is 5.56 Å². The van der Waals surface area contributed by atoms with E-state index in [4.69, 9.17) is 11.6 Å². The topological polar surface area (TPSA) is 64.0 Å². The highest BCUT2D eigenvalue weighted by Gasteiger charge is 2.15. The van der Waals surface area contributed by atoms with Crippen LogP contribution >= 0.6 is 34.7 Å². The highest BCUT2D eigenvalue weighted by atomic mass is 35.5. The summed E-state index contributed by atoms with van der Waals surface area (Å²) >= 11 is 8.83. The third kappa shape index (κ3) is 5.01. The molecule has 158 valence electrons. The molecule has 0 spiro atoms. The molecule has 0 atom stereocenters. The Morgan fingerprint density at radius 1 is 1.13 bits per heavy atom. The second-order valence-electron chi connectivity index (χ2n) is 7.23. The van der Waals surface area contributed by atoms with Crippen LogP contribution in [0.1, 0.15) is 16.7 Å². The van der Waals surface area contributed by atoms with Crippen LogP contribution in [0.25, 0.3) is 10.2 Å². The number of rotatable bonds is 6. The number of aryl methyl sites for hydroxylation is 2. The summed E-state index contributed by atoms with van der Waals surface area (Å²) in [5, 5.41) is 5.69. The first-order valence-electron chi connectivity index (χ1n) is 9.63. The van der Waals surface area contributed by atoms with Crippen LogP contribution in [0, 0.1) is 13.8 Å². The molecule has 0 aliphatic heterocycles. The molecule has 4 aromatic rings. The Kier molecular flexibility index (Phi) is 6.46. The van der Waals surface area contributed by atoms with Gasteiger partial charge in [-0.2, -0.15) is 0 Å². The van der Waals surface area contributed by atoms with Crippen LogP contribution in [0.4, 0.5) is 5.69 Å². The minimum atomic E-state index is -0.211. The number of nitrogens with one attached hydrogen (secondary N) is 1. The van der Waals surface area contributed by atoms with Crippen LogP contribution in [0.2, 0.25) is 5.02 Å². The van der Waals surface area contributed by atoms with E-state index in [9.17, 15) is 9.59 Å². The fraction of sp³-hybridized carbons (Fsp3) is 0.174. The number of halogens is 1. The van der Waals surface area contributed by atoms with E-state index < -0.39 is 0 Å².